The van der Waals surface area contributed by atoms with E-state index < -0.39 is 17.7 Å². The van der Waals surface area contributed by atoms with Crippen LogP contribution in [-0.4, -0.2) is 47.5 Å². The van der Waals surface area contributed by atoms with Gasteiger partial charge in [0.1, 0.15) is 18.2 Å². The number of carbonyl (C=O) groups excluding carboxylic acids is 3. The zero-order chi connectivity index (χ0) is 24.4. The number of carbonyl (C=O) groups is 3. The molecule has 2 rings (SSSR count). The Hall–Kier alpha value is -2.83. The normalized spacial score (nSPS) is 15.3. The number of benzene rings is 1. The number of ether oxygens (including phenoxy) is 1. The van der Waals surface area contributed by atoms with Crippen LogP contribution in [-0.2, 0) is 14.3 Å². The van der Waals surface area contributed by atoms with Gasteiger partial charge in [0, 0.05) is 12.6 Å². The predicted molar refractivity (Wildman–Crippen MR) is 131 cm³/mol. The van der Waals surface area contributed by atoms with E-state index in [4.69, 9.17) is 4.74 Å². The molecule has 2 N–H and O–H groups in total. The lowest BCUT2D eigenvalue weighted by molar-refractivity contribution is -0.140. The number of hydrogen-bond donors (Lipinski definition) is 2. The molecule has 182 valence electrons. The SMILES string of the molecule is C=Cc1cccc(C(C(=O)NC2CCCCC2)N(CCC)C(=O)CNC(=O)OC(C)(C)C)c1. The summed E-state index contributed by atoms with van der Waals surface area (Å²) in [4.78, 5) is 40.4. The van der Waals surface area contributed by atoms with Crippen LogP contribution in [0.4, 0.5) is 4.79 Å². The Bertz CT molecular complexity index is 825. The van der Waals surface area contributed by atoms with E-state index in [1.54, 1.807) is 31.7 Å². The van der Waals surface area contributed by atoms with Gasteiger partial charge in [-0.1, -0.05) is 57.0 Å². The second-order valence-electron chi connectivity index (χ2n) is 9.56. The average Bonchev–Trinajstić information content (AvgIpc) is 2.77. The Labute approximate surface area is 197 Å². The lowest BCUT2D eigenvalue weighted by Crippen LogP contribution is -2.50. The molecule has 1 aromatic carbocycles. The molecule has 7 nitrogen and oxygen atoms in total. The van der Waals surface area contributed by atoms with E-state index in [1.807, 2.05) is 31.2 Å². The molecule has 1 saturated carbocycles. The van der Waals surface area contributed by atoms with Crippen molar-refractivity contribution in [1.82, 2.24) is 15.5 Å². The van der Waals surface area contributed by atoms with E-state index in [0.717, 1.165) is 36.8 Å². The first-order valence-corrected chi connectivity index (χ1v) is 11.9. The molecule has 1 aromatic rings. The first-order chi connectivity index (χ1) is 15.6. The maximum atomic E-state index is 13.5. The molecule has 1 aliphatic carbocycles. The summed E-state index contributed by atoms with van der Waals surface area (Å²) in [6.07, 6.45) is 7.01. The Balaban J connectivity index is 2.27. The van der Waals surface area contributed by atoms with Gasteiger partial charge in [-0.3, -0.25) is 9.59 Å². The van der Waals surface area contributed by atoms with Gasteiger partial charge >= 0.3 is 6.09 Å². The highest BCUT2D eigenvalue weighted by Crippen LogP contribution is 2.25. The number of alkyl carbamates (subject to hydrolysis) is 1. The summed E-state index contributed by atoms with van der Waals surface area (Å²) in [6.45, 7) is 11.2. The van der Waals surface area contributed by atoms with Crippen molar-refractivity contribution in [2.45, 2.75) is 83.9 Å². The van der Waals surface area contributed by atoms with Gasteiger partial charge in [0.05, 0.1) is 0 Å². The van der Waals surface area contributed by atoms with E-state index in [0.29, 0.717) is 13.0 Å². The zero-order valence-electron chi connectivity index (χ0n) is 20.5. The molecule has 0 aliphatic heterocycles. The van der Waals surface area contributed by atoms with Crippen LogP contribution in [0.1, 0.15) is 83.4 Å². The smallest absolute Gasteiger partial charge is 0.408 e. The van der Waals surface area contributed by atoms with Crippen molar-refractivity contribution >= 4 is 24.0 Å². The summed E-state index contributed by atoms with van der Waals surface area (Å²) >= 11 is 0. The lowest BCUT2D eigenvalue weighted by atomic mass is 9.94. The third kappa shape index (κ3) is 8.56. The number of hydrogen-bond acceptors (Lipinski definition) is 4. The van der Waals surface area contributed by atoms with E-state index in [1.165, 1.54) is 6.42 Å². The topological polar surface area (TPSA) is 87.7 Å². The van der Waals surface area contributed by atoms with Crippen molar-refractivity contribution in [3.8, 4) is 0 Å². The molecule has 0 spiro atoms. The summed E-state index contributed by atoms with van der Waals surface area (Å²) in [7, 11) is 0. The highest BCUT2D eigenvalue weighted by atomic mass is 16.6. The molecule has 1 atom stereocenters. The van der Waals surface area contributed by atoms with Crippen molar-refractivity contribution in [1.29, 1.82) is 0 Å². The van der Waals surface area contributed by atoms with Gasteiger partial charge in [0.25, 0.3) is 0 Å². The van der Waals surface area contributed by atoms with Crippen LogP contribution in [0.5, 0.6) is 0 Å². The van der Waals surface area contributed by atoms with Crippen LogP contribution in [0.3, 0.4) is 0 Å². The fraction of sp³-hybridized carbons (Fsp3) is 0.577. The van der Waals surface area contributed by atoms with Crippen molar-refractivity contribution in [3.63, 3.8) is 0 Å². The Morgan fingerprint density at radius 2 is 1.91 bits per heavy atom. The molecule has 33 heavy (non-hydrogen) atoms. The molecule has 0 saturated heterocycles. The standard InChI is InChI=1S/C26H39N3O4/c1-6-16-29(22(30)18-27-25(32)33-26(3,4)5)23(20-13-11-12-19(7-2)17-20)24(31)28-21-14-9-8-10-15-21/h7,11-13,17,21,23H,2,6,8-10,14-16,18H2,1,3-5H3,(H,27,32)(H,28,31). The molecule has 1 unspecified atom stereocenters. The van der Waals surface area contributed by atoms with Crippen molar-refractivity contribution in [3.05, 3.63) is 42.0 Å². The molecule has 0 bridgehead atoms. The highest BCUT2D eigenvalue weighted by Gasteiger charge is 2.32. The molecule has 0 aromatic heterocycles. The lowest BCUT2D eigenvalue weighted by Gasteiger charge is -2.33. The van der Waals surface area contributed by atoms with Crippen LogP contribution in [0.2, 0.25) is 0 Å². The van der Waals surface area contributed by atoms with Crippen LogP contribution in [0.25, 0.3) is 6.08 Å². The maximum absolute atomic E-state index is 13.5. The minimum Gasteiger partial charge on any atom is -0.444 e. The molecule has 1 fully saturated rings. The fourth-order valence-electron chi connectivity index (χ4n) is 4.06. The van der Waals surface area contributed by atoms with Gasteiger partial charge in [-0.25, -0.2) is 4.79 Å². The van der Waals surface area contributed by atoms with Gasteiger partial charge in [-0.05, 0) is 57.2 Å². The molecular formula is C26H39N3O4. The number of amides is 3. The van der Waals surface area contributed by atoms with E-state index in [9.17, 15) is 14.4 Å². The highest BCUT2D eigenvalue weighted by molar-refractivity contribution is 5.90. The first kappa shape index (κ1) is 26.4. The molecule has 0 radical (unpaired) electrons. The Kier molecular flexibility index (Phi) is 9.95. The van der Waals surface area contributed by atoms with Gasteiger partial charge in [-0.15, -0.1) is 0 Å². The summed E-state index contributed by atoms with van der Waals surface area (Å²) in [5.74, 6) is -0.530. The minimum absolute atomic E-state index is 0.120. The quantitative estimate of drug-likeness (QED) is 0.568. The minimum atomic E-state index is -0.792. The third-order valence-electron chi connectivity index (χ3n) is 5.54. The molecule has 0 heterocycles. The van der Waals surface area contributed by atoms with Crippen LogP contribution in [0.15, 0.2) is 30.8 Å². The van der Waals surface area contributed by atoms with Gasteiger partial charge in [0.15, 0.2) is 0 Å². The van der Waals surface area contributed by atoms with E-state index >= 15 is 0 Å². The number of nitrogens with zero attached hydrogens (tertiary/aromatic N) is 1. The molecule has 3 amide bonds. The van der Waals surface area contributed by atoms with Gasteiger partial charge < -0.3 is 20.3 Å². The van der Waals surface area contributed by atoms with Crippen molar-refractivity contribution in [2.24, 2.45) is 0 Å². The van der Waals surface area contributed by atoms with Gasteiger partial charge in [-0.2, -0.15) is 0 Å². The summed E-state index contributed by atoms with van der Waals surface area (Å²) < 4.78 is 5.24. The van der Waals surface area contributed by atoms with Crippen LogP contribution < -0.4 is 10.6 Å². The monoisotopic (exact) mass is 457 g/mol. The molecular weight excluding hydrogens is 418 g/mol. The largest absolute Gasteiger partial charge is 0.444 e. The predicted octanol–water partition coefficient (Wildman–Crippen LogP) is 4.58. The first-order valence-electron chi connectivity index (χ1n) is 11.9. The fourth-order valence-corrected chi connectivity index (χ4v) is 4.06. The van der Waals surface area contributed by atoms with E-state index in [2.05, 4.69) is 17.2 Å². The van der Waals surface area contributed by atoms with Crippen LogP contribution in [0, 0.1) is 0 Å². The summed E-state index contributed by atoms with van der Waals surface area (Å²) in [5.41, 5.74) is 0.933. The second kappa shape index (κ2) is 12.4. The summed E-state index contributed by atoms with van der Waals surface area (Å²) in [6, 6.07) is 6.84. The Morgan fingerprint density at radius 3 is 2.52 bits per heavy atom. The molecule has 7 heteroatoms. The van der Waals surface area contributed by atoms with Crippen LogP contribution >= 0.6 is 0 Å². The van der Waals surface area contributed by atoms with Crippen molar-refractivity contribution < 1.29 is 19.1 Å². The van der Waals surface area contributed by atoms with E-state index in [-0.39, 0.29) is 24.4 Å². The summed E-state index contributed by atoms with van der Waals surface area (Å²) in [5, 5.41) is 5.70. The molecule has 1 aliphatic rings. The van der Waals surface area contributed by atoms with Crippen molar-refractivity contribution in [2.75, 3.05) is 13.1 Å². The van der Waals surface area contributed by atoms with Gasteiger partial charge in [0.2, 0.25) is 11.8 Å². The number of rotatable bonds is 9. The third-order valence-corrected chi connectivity index (χ3v) is 5.54. The average molecular weight is 458 g/mol. The second-order valence-corrected chi connectivity index (χ2v) is 9.56. The Morgan fingerprint density at radius 1 is 1.21 bits per heavy atom. The maximum Gasteiger partial charge on any atom is 0.408 e. The zero-order valence-corrected chi connectivity index (χ0v) is 20.5. The number of nitrogens with one attached hydrogen (secondary N) is 2.